The topological polar surface area (TPSA) is 67.8 Å². The molecule has 154 valence electrons. The number of fused-ring (bicyclic) bond motifs is 1. The number of carbonyl (C=O) groups excluding carboxylic acids is 1. The lowest BCUT2D eigenvalue weighted by Gasteiger charge is -2.27. The molecule has 2 aromatic rings. The van der Waals surface area contributed by atoms with Crippen molar-refractivity contribution in [2.75, 3.05) is 34.4 Å². The van der Waals surface area contributed by atoms with Crippen LogP contribution < -0.4 is 9.47 Å². The van der Waals surface area contributed by atoms with E-state index in [4.69, 9.17) is 14.5 Å². The molecular formula is C22H28N4O3. The molecule has 3 heterocycles. The van der Waals surface area contributed by atoms with E-state index >= 15 is 0 Å². The molecule has 1 amide bonds. The third-order valence-electron chi connectivity index (χ3n) is 5.82. The highest BCUT2D eigenvalue weighted by Crippen LogP contribution is 2.32. The number of nitrogens with zero attached hydrogens (tertiary/aromatic N) is 4. The lowest BCUT2D eigenvalue weighted by molar-refractivity contribution is -0.131. The molecule has 4 rings (SSSR count). The van der Waals surface area contributed by atoms with Crippen molar-refractivity contribution in [3.63, 3.8) is 0 Å². The molecule has 0 aliphatic carbocycles. The highest BCUT2D eigenvalue weighted by Gasteiger charge is 2.32. The number of likely N-dealkylation sites (tertiary alicyclic amines) is 1. The van der Waals surface area contributed by atoms with E-state index in [1.54, 1.807) is 14.2 Å². The van der Waals surface area contributed by atoms with Crippen molar-refractivity contribution in [2.24, 2.45) is 0 Å². The Labute approximate surface area is 171 Å². The summed E-state index contributed by atoms with van der Waals surface area (Å²) in [4.78, 5) is 26.8. The molecule has 2 aliphatic rings. The van der Waals surface area contributed by atoms with Gasteiger partial charge in [-0.15, -0.1) is 0 Å². The monoisotopic (exact) mass is 396 g/mol. The molecule has 1 aromatic carbocycles. The second-order valence-electron chi connectivity index (χ2n) is 7.80. The number of aromatic nitrogens is 2. The van der Waals surface area contributed by atoms with Crippen molar-refractivity contribution >= 4 is 5.91 Å². The third kappa shape index (κ3) is 4.05. The van der Waals surface area contributed by atoms with Crippen LogP contribution in [0.15, 0.2) is 24.4 Å². The molecule has 7 nitrogen and oxygen atoms in total. The van der Waals surface area contributed by atoms with E-state index in [-0.39, 0.29) is 11.9 Å². The van der Waals surface area contributed by atoms with Crippen molar-refractivity contribution in [1.29, 1.82) is 0 Å². The Morgan fingerprint density at radius 3 is 2.83 bits per heavy atom. The molecule has 1 fully saturated rings. The van der Waals surface area contributed by atoms with Gasteiger partial charge in [0.05, 0.1) is 26.7 Å². The Balaban J connectivity index is 1.50. The van der Waals surface area contributed by atoms with Crippen LogP contribution in [0, 0.1) is 0 Å². The standard InChI is InChI=1S/C22H28N4O3/c1-25-10-8-17-16(14-25)13-23-22(24-17)18-5-4-9-26(18)21(27)12-15-6-7-19(28-2)20(11-15)29-3/h6-7,11,13,18H,4-5,8-10,12,14H2,1-3H3/t18-/m0/s1. The van der Waals surface area contributed by atoms with Gasteiger partial charge in [-0.2, -0.15) is 0 Å². The average Bonchev–Trinajstić information content (AvgIpc) is 3.23. The lowest BCUT2D eigenvalue weighted by Crippen LogP contribution is -2.33. The summed E-state index contributed by atoms with van der Waals surface area (Å²) in [6, 6.07) is 5.59. The summed E-state index contributed by atoms with van der Waals surface area (Å²) in [5.74, 6) is 2.18. The van der Waals surface area contributed by atoms with Crippen LogP contribution >= 0.6 is 0 Å². The van der Waals surface area contributed by atoms with E-state index in [1.165, 1.54) is 5.56 Å². The van der Waals surface area contributed by atoms with Gasteiger partial charge in [0, 0.05) is 43.5 Å². The van der Waals surface area contributed by atoms with Crippen molar-refractivity contribution in [3.05, 3.63) is 47.0 Å². The van der Waals surface area contributed by atoms with Gasteiger partial charge in [0.25, 0.3) is 0 Å². The number of likely N-dealkylation sites (N-methyl/N-ethyl adjacent to an activating group) is 1. The van der Waals surface area contributed by atoms with Gasteiger partial charge in [0.2, 0.25) is 5.91 Å². The van der Waals surface area contributed by atoms with E-state index in [0.29, 0.717) is 17.9 Å². The van der Waals surface area contributed by atoms with Gasteiger partial charge in [-0.3, -0.25) is 4.79 Å². The predicted octanol–water partition coefficient (Wildman–Crippen LogP) is 2.39. The molecular weight excluding hydrogens is 368 g/mol. The molecule has 1 saturated heterocycles. The second-order valence-corrected chi connectivity index (χ2v) is 7.80. The van der Waals surface area contributed by atoms with Crippen LogP contribution in [0.25, 0.3) is 0 Å². The summed E-state index contributed by atoms with van der Waals surface area (Å²) in [6.07, 6.45) is 5.10. The summed E-state index contributed by atoms with van der Waals surface area (Å²) < 4.78 is 10.6. The number of rotatable bonds is 5. The van der Waals surface area contributed by atoms with E-state index < -0.39 is 0 Å². The maximum absolute atomic E-state index is 13.1. The highest BCUT2D eigenvalue weighted by atomic mass is 16.5. The molecule has 0 saturated carbocycles. The van der Waals surface area contributed by atoms with Crippen LogP contribution in [-0.4, -0.2) is 60.0 Å². The minimum absolute atomic E-state index is 0.0346. The number of benzene rings is 1. The summed E-state index contributed by atoms with van der Waals surface area (Å²) >= 11 is 0. The van der Waals surface area contributed by atoms with Gasteiger partial charge in [-0.05, 0) is 37.6 Å². The fourth-order valence-corrected chi connectivity index (χ4v) is 4.23. The Hall–Kier alpha value is -2.67. The lowest BCUT2D eigenvalue weighted by atomic mass is 10.1. The predicted molar refractivity (Wildman–Crippen MR) is 109 cm³/mol. The summed E-state index contributed by atoms with van der Waals surface area (Å²) in [5.41, 5.74) is 3.24. The quantitative estimate of drug-likeness (QED) is 0.773. The van der Waals surface area contributed by atoms with Gasteiger partial charge >= 0.3 is 0 Å². The zero-order chi connectivity index (χ0) is 20.4. The molecule has 0 N–H and O–H groups in total. The maximum atomic E-state index is 13.1. The van der Waals surface area contributed by atoms with Crippen molar-refractivity contribution in [3.8, 4) is 11.5 Å². The minimum atomic E-state index is -0.0346. The summed E-state index contributed by atoms with van der Waals surface area (Å²) in [7, 11) is 5.32. The first-order chi connectivity index (χ1) is 14.1. The zero-order valence-electron chi connectivity index (χ0n) is 17.4. The molecule has 0 radical (unpaired) electrons. The Morgan fingerprint density at radius 1 is 1.21 bits per heavy atom. The highest BCUT2D eigenvalue weighted by molar-refractivity contribution is 5.79. The van der Waals surface area contributed by atoms with Crippen LogP contribution in [0.1, 0.15) is 41.5 Å². The van der Waals surface area contributed by atoms with Crippen molar-refractivity contribution in [2.45, 2.75) is 38.3 Å². The van der Waals surface area contributed by atoms with E-state index in [2.05, 4.69) is 16.9 Å². The van der Waals surface area contributed by atoms with Crippen molar-refractivity contribution in [1.82, 2.24) is 19.8 Å². The normalized spacial score (nSPS) is 19.1. The Morgan fingerprint density at radius 2 is 2.03 bits per heavy atom. The number of carbonyl (C=O) groups is 1. The van der Waals surface area contributed by atoms with Crippen LogP contribution in [0.5, 0.6) is 11.5 Å². The number of hydrogen-bond donors (Lipinski definition) is 0. The van der Waals surface area contributed by atoms with Gasteiger partial charge in [-0.25, -0.2) is 9.97 Å². The number of hydrogen-bond acceptors (Lipinski definition) is 6. The van der Waals surface area contributed by atoms with Crippen LogP contribution in [0.2, 0.25) is 0 Å². The molecule has 7 heteroatoms. The maximum Gasteiger partial charge on any atom is 0.227 e. The fraction of sp³-hybridized carbons (Fsp3) is 0.500. The molecule has 1 atom stereocenters. The minimum Gasteiger partial charge on any atom is -0.493 e. The number of methoxy groups -OCH3 is 2. The zero-order valence-corrected chi connectivity index (χ0v) is 17.4. The second kappa shape index (κ2) is 8.37. The van der Waals surface area contributed by atoms with Crippen molar-refractivity contribution < 1.29 is 14.3 Å². The first-order valence-corrected chi connectivity index (χ1v) is 10.1. The summed E-state index contributed by atoms with van der Waals surface area (Å²) in [6.45, 7) is 2.65. The van der Waals surface area contributed by atoms with E-state index in [1.807, 2.05) is 29.3 Å². The SMILES string of the molecule is COc1ccc(CC(=O)N2CCC[C@H]2c2ncc3c(n2)CCN(C)C3)cc1OC. The Kier molecular flexibility index (Phi) is 5.67. The number of amides is 1. The molecule has 1 aromatic heterocycles. The van der Waals surface area contributed by atoms with E-state index in [9.17, 15) is 4.79 Å². The molecule has 0 bridgehead atoms. The largest absolute Gasteiger partial charge is 0.493 e. The van der Waals surface area contributed by atoms with Crippen LogP contribution in [0.3, 0.4) is 0 Å². The van der Waals surface area contributed by atoms with E-state index in [0.717, 1.165) is 56.0 Å². The first-order valence-electron chi connectivity index (χ1n) is 10.1. The van der Waals surface area contributed by atoms with Gasteiger partial charge in [0.15, 0.2) is 17.3 Å². The Bertz CT molecular complexity index is 902. The molecule has 0 unspecified atom stereocenters. The number of ether oxygens (including phenoxy) is 2. The molecule has 29 heavy (non-hydrogen) atoms. The van der Waals surface area contributed by atoms with Crippen LogP contribution in [0.4, 0.5) is 0 Å². The van der Waals surface area contributed by atoms with Gasteiger partial charge in [0.1, 0.15) is 0 Å². The molecule has 0 spiro atoms. The summed E-state index contributed by atoms with van der Waals surface area (Å²) in [5, 5.41) is 0. The average molecular weight is 396 g/mol. The first kappa shape index (κ1) is 19.6. The van der Waals surface area contributed by atoms with Gasteiger partial charge < -0.3 is 19.3 Å². The van der Waals surface area contributed by atoms with Gasteiger partial charge in [-0.1, -0.05) is 6.07 Å². The smallest absolute Gasteiger partial charge is 0.227 e. The third-order valence-corrected chi connectivity index (χ3v) is 5.82. The van der Waals surface area contributed by atoms with Crippen LogP contribution in [-0.2, 0) is 24.2 Å². The molecule has 2 aliphatic heterocycles. The fourth-order valence-electron chi connectivity index (χ4n) is 4.23.